The van der Waals surface area contributed by atoms with E-state index in [-0.39, 0.29) is 17.9 Å². The number of rotatable bonds is 6. The summed E-state index contributed by atoms with van der Waals surface area (Å²) in [7, 11) is 0. The number of fused-ring (bicyclic) bond motifs is 1. The van der Waals surface area contributed by atoms with E-state index in [1.54, 1.807) is 12.1 Å². The summed E-state index contributed by atoms with van der Waals surface area (Å²) >= 11 is 1.46. The van der Waals surface area contributed by atoms with Crippen LogP contribution in [0.25, 0.3) is 10.2 Å². The van der Waals surface area contributed by atoms with Gasteiger partial charge in [-0.3, -0.25) is 14.2 Å². The van der Waals surface area contributed by atoms with Crippen LogP contribution in [-0.2, 0) is 11.3 Å². The third-order valence-electron chi connectivity index (χ3n) is 4.16. The van der Waals surface area contributed by atoms with Gasteiger partial charge in [0.1, 0.15) is 11.4 Å². The van der Waals surface area contributed by atoms with Crippen molar-refractivity contribution in [3.8, 4) is 11.5 Å². The third kappa shape index (κ3) is 4.04. The Bertz CT molecular complexity index is 1120. The number of hydrogen-bond acceptors (Lipinski definition) is 7. The number of aromatic hydroxyl groups is 1. The van der Waals surface area contributed by atoms with Gasteiger partial charge in [-0.2, -0.15) is 5.10 Å². The maximum absolute atomic E-state index is 12.6. The highest BCUT2D eigenvalue weighted by atomic mass is 32.1. The largest absolute Gasteiger partial charge is 0.504 e. The van der Waals surface area contributed by atoms with Gasteiger partial charge in [-0.25, -0.2) is 10.4 Å². The van der Waals surface area contributed by atoms with Crippen LogP contribution in [0.2, 0.25) is 0 Å². The summed E-state index contributed by atoms with van der Waals surface area (Å²) in [5.41, 5.74) is 3.67. The quantitative estimate of drug-likeness (QED) is 0.488. The Morgan fingerprint density at radius 2 is 2.21 bits per heavy atom. The molecule has 146 valence electrons. The Kier molecular flexibility index (Phi) is 5.74. The first kappa shape index (κ1) is 19.6. The second-order valence-electron chi connectivity index (χ2n) is 6.09. The average Bonchev–Trinajstić information content (AvgIpc) is 2.95. The van der Waals surface area contributed by atoms with Crippen molar-refractivity contribution in [2.45, 2.75) is 27.3 Å². The van der Waals surface area contributed by atoms with E-state index in [0.29, 0.717) is 28.1 Å². The number of hydrogen-bond donors (Lipinski definition) is 2. The van der Waals surface area contributed by atoms with Gasteiger partial charge in [-0.15, -0.1) is 11.3 Å². The van der Waals surface area contributed by atoms with Crippen LogP contribution in [0.1, 0.15) is 22.9 Å². The fraction of sp³-hybridized carbons (Fsp3) is 0.263. The van der Waals surface area contributed by atoms with Crippen LogP contribution in [-0.4, -0.2) is 33.4 Å². The van der Waals surface area contributed by atoms with Crippen molar-refractivity contribution in [1.29, 1.82) is 0 Å². The van der Waals surface area contributed by atoms with Crippen molar-refractivity contribution < 1.29 is 14.6 Å². The van der Waals surface area contributed by atoms with Gasteiger partial charge in [0, 0.05) is 4.88 Å². The maximum atomic E-state index is 12.6. The molecule has 3 aromatic rings. The summed E-state index contributed by atoms with van der Waals surface area (Å²) in [4.78, 5) is 30.7. The zero-order valence-corrected chi connectivity index (χ0v) is 16.5. The van der Waals surface area contributed by atoms with E-state index in [4.69, 9.17) is 4.74 Å². The molecule has 2 N–H and O–H groups in total. The van der Waals surface area contributed by atoms with Crippen molar-refractivity contribution >= 4 is 33.7 Å². The molecule has 0 radical (unpaired) electrons. The molecule has 0 spiro atoms. The summed E-state index contributed by atoms with van der Waals surface area (Å²) in [6.07, 6.45) is 2.80. The zero-order valence-electron chi connectivity index (χ0n) is 15.7. The Morgan fingerprint density at radius 3 is 2.96 bits per heavy atom. The van der Waals surface area contributed by atoms with Crippen molar-refractivity contribution in [2.24, 2.45) is 5.10 Å². The number of benzene rings is 1. The minimum atomic E-state index is -0.451. The molecule has 0 aliphatic heterocycles. The molecule has 2 heterocycles. The molecular weight excluding hydrogens is 380 g/mol. The van der Waals surface area contributed by atoms with Gasteiger partial charge in [0.15, 0.2) is 11.5 Å². The summed E-state index contributed by atoms with van der Waals surface area (Å²) in [5, 5.41) is 14.1. The fourth-order valence-corrected chi connectivity index (χ4v) is 3.62. The summed E-state index contributed by atoms with van der Waals surface area (Å²) in [6.45, 7) is 5.86. The van der Waals surface area contributed by atoms with Crippen LogP contribution in [0.4, 0.5) is 0 Å². The molecule has 0 saturated carbocycles. The zero-order chi connectivity index (χ0) is 20.3. The highest BCUT2D eigenvalue weighted by Crippen LogP contribution is 2.26. The van der Waals surface area contributed by atoms with Gasteiger partial charge in [-0.05, 0) is 50.1 Å². The Morgan fingerprint density at radius 1 is 1.43 bits per heavy atom. The van der Waals surface area contributed by atoms with E-state index in [2.05, 4.69) is 15.5 Å². The van der Waals surface area contributed by atoms with Crippen molar-refractivity contribution in [3.63, 3.8) is 0 Å². The first-order valence-corrected chi connectivity index (χ1v) is 9.45. The van der Waals surface area contributed by atoms with Gasteiger partial charge in [0.2, 0.25) is 0 Å². The van der Waals surface area contributed by atoms with Gasteiger partial charge in [-0.1, -0.05) is 0 Å². The topological polar surface area (TPSA) is 106 Å². The normalized spacial score (nSPS) is 11.2. The molecule has 0 fully saturated rings. The van der Waals surface area contributed by atoms with Gasteiger partial charge in [0.25, 0.3) is 11.5 Å². The number of carbonyl (C=O) groups excluding carboxylic acids is 1. The monoisotopic (exact) mass is 400 g/mol. The first-order valence-electron chi connectivity index (χ1n) is 8.63. The van der Waals surface area contributed by atoms with E-state index in [1.807, 2.05) is 20.8 Å². The van der Waals surface area contributed by atoms with Crippen LogP contribution in [0.15, 0.2) is 34.4 Å². The first-order chi connectivity index (χ1) is 13.4. The highest BCUT2D eigenvalue weighted by molar-refractivity contribution is 7.18. The molecule has 8 nitrogen and oxygen atoms in total. The number of phenolic OH excluding ortho intramolecular Hbond substituents is 1. The molecule has 0 unspecified atom stereocenters. The predicted octanol–water partition coefficient (Wildman–Crippen LogP) is 2.33. The van der Waals surface area contributed by atoms with Crippen LogP contribution in [0.5, 0.6) is 11.5 Å². The fourth-order valence-electron chi connectivity index (χ4n) is 2.63. The number of aromatic nitrogens is 2. The van der Waals surface area contributed by atoms with Crippen LogP contribution < -0.4 is 15.7 Å². The van der Waals surface area contributed by atoms with Crippen molar-refractivity contribution in [3.05, 3.63) is 50.9 Å². The molecule has 0 saturated heterocycles. The lowest BCUT2D eigenvalue weighted by Crippen LogP contribution is -2.30. The number of amides is 1. The second kappa shape index (κ2) is 8.22. The third-order valence-corrected chi connectivity index (χ3v) is 5.27. The van der Waals surface area contributed by atoms with E-state index < -0.39 is 5.91 Å². The summed E-state index contributed by atoms with van der Waals surface area (Å²) < 4.78 is 6.56. The SMILES string of the molecule is CCOc1cc(C=NNC(=O)Cn2cnc3sc(C)c(C)c3c2=O)ccc1O. The van der Waals surface area contributed by atoms with Gasteiger partial charge in [0.05, 0.1) is 24.5 Å². The summed E-state index contributed by atoms with van der Waals surface area (Å²) in [6, 6.07) is 4.73. The number of phenols is 1. The van der Waals surface area contributed by atoms with E-state index in [9.17, 15) is 14.7 Å². The van der Waals surface area contributed by atoms with Crippen molar-refractivity contribution in [2.75, 3.05) is 6.61 Å². The molecule has 1 amide bonds. The molecule has 9 heteroatoms. The molecule has 28 heavy (non-hydrogen) atoms. The Labute approximate surface area is 165 Å². The van der Waals surface area contributed by atoms with Gasteiger partial charge < -0.3 is 9.84 Å². The van der Waals surface area contributed by atoms with E-state index in [0.717, 1.165) is 10.4 Å². The van der Waals surface area contributed by atoms with Crippen LogP contribution in [0.3, 0.4) is 0 Å². The van der Waals surface area contributed by atoms with E-state index >= 15 is 0 Å². The lowest BCUT2D eigenvalue weighted by molar-refractivity contribution is -0.121. The average molecular weight is 400 g/mol. The molecule has 0 aliphatic carbocycles. The lowest BCUT2D eigenvalue weighted by Gasteiger charge is -2.06. The molecule has 0 atom stereocenters. The molecular formula is C19H20N4O4S. The molecule has 1 aromatic carbocycles. The molecule has 3 rings (SSSR count). The smallest absolute Gasteiger partial charge is 0.262 e. The molecule has 0 aliphatic rings. The minimum Gasteiger partial charge on any atom is -0.504 e. The Hall–Kier alpha value is -3.20. The minimum absolute atomic E-state index is 0.0317. The lowest BCUT2D eigenvalue weighted by atomic mass is 10.2. The number of nitrogens with zero attached hydrogens (tertiary/aromatic N) is 3. The number of carbonyl (C=O) groups is 1. The number of nitrogens with one attached hydrogen (secondary N) is 1. The number of hydrazone groups is 1. The van der Waals surface area contributed by atoms with Gasteiger partial charge >= 0.3 is 0 Å². The second-order valence-corrected chi connectivity index (χ2v) is 7.30. The molecule has 0 bridgehead atoms. The number of aryl methyl sites for hydroxylation is 2. The van der Waals surface area contributed by atoms with Crippen LogP contribution >= 0.6 is 11.3 Å². The highest BCUT2D eigenvalue weighted by Gasteiger charge is 2.13. The van der Waals surface area contributed by atoms with Crippen LogP contribution in [0, 0.1) is 13.8 Å². The standard InChI is InChI=1S/C19H20N4O4S/c1-4-27-15-7-13(5-6-14(15)24)8-21-22-16(25)9-23-10-20-18-17(19(23)26)11(2)12(3)28-18/h5-8,10,24H,4,9H2,1-3H3,(H,22,25). The summed E-state index contributed by atoms with van der Waals surface area (Å²) in [5.74, 6) is -0.0812. The predicted molar refractivity (Wildman–Crippen MR) is 108 cm³/mol. The Balaban J connectivity index is 1.69. The number of ether oxygens (including phenoxy) is 1. The van der Waals surface area contributed by atoms with E-state index in [1.165, 1.54) is 34.5 Å². The maximum Gasteiger partial charge on any atom is 0.262 e. The van der Waals surface area contributed by atoms with Crippen molar-refractivity contribution in [1.82, 2.24) is 15.0 Å². The number of thiophene rings is 1. The molecule has 2 aromatic heterocycles.